The Morgan fingerprint density at radius 3 is 1.76 bits per heavy atom. The fourth-order valence-corrected chi connectivity index (χ4v) is 4.01. The van der Waals surface area contributed by atoms with Crippen LogP contribution in [0.15, 0.2) is 0 Å². The predicted octanol–water partition coefficient (Wildman–Crippen LogP) is 3.46. The molecule has 0 aliphatic heterocycles. The van der Waals surface area contributed by atoms with Gasteiger partial charge in [-0.25, -0.2) is 0 Å². The zero-order valence-corrected chi connectivity index (χ0v) is 22.9. The molecule has 0 radical (unpaired) electrons. The van der Waals surface area contributed by atoms with E-state index in [2.05, 4.69) is 11.4 Å². The average molecular weight is 513 g/mol. The topological polar surface area (TPSA) is 129 Å². The van der Waals surface area contributed by atoms with Crippen LogP contribution in [0.5, 0.6) is 0 Å². The summed E-state index contributed by atoms with van der Waals surface area (Å²) in [5.41, 5.74) is 0. The molecule has 0 aliphatic rings. The standard InChI is InChI=1S/C24H50NO8P/c1-5-6-7-8-9-10-11-12-13-14-15-16-17-18-23(26)31-21-24(27,28)22-33-34(29,30)32-20-19-25(2,3)4/h27-28H,5-22H2,1-4H3/p+1. The summed E-state index contributed by atoms with van der Waals surface area (Å²) >= 11 is 0. The molecule has 0 aromatic carbocycles. The zero-order valence-electron chi connectivity index (χ0n) is 22.0. The summed E-state index contributed by atoms with van der Waals surface area (Å²) < 4.78 is 14.8. The van der Waals surface area contributed by atoms with E-state index in [9.17, 15) is 24.8 Å². The first kappa shape index (κ1) is 33.6. The summed E-state index contributed by atoms with van der Waals surface area (Å²) in [4.78, 5) is 33.2. The largest absolute Gasteiger partial charge is 0.606 e. The van der Waals surface area contributed by atoms with E-state index in [1.807, 2.05) is 21.1 Å². The number of ether oxygens (including phenoxy) is 1. The van der Waals surface area contributed by atoms with Gasteiger partial charge in [0.2, 0.25) is 5.79 Å². The summed E-state index contributed by atoms with van der Waals surface area (Å²) in [5, 5.41) is 19.7. The smallest absolute Gasteiger partial charge is 0.377 e. The van der Waals surface area contributed by atoms with Crippen LogP contribution in [0.3, 0.4) is 0 Å². The lowest BCUT2D eigenvalue weighted by molar-refractivity contribution is -0.870. The molecule has 0 saturated heterocycles. The van der Waals surface area contributed by atoms with Crippen LogP contribution in [0.1, 0.15) is 96.8 Å². The maximum atomic E-state index is 11.8. The number of unbranched alkanes of at least 4 members (excludes halogenated alkanes) is 12. The highest BCUT2D eigenvalue weighted by Gasteiger charge is 2.35. The molecule has 0 bridgehead atoms. The van der Waals surface area contributed by atoms with Crippen molar-refractivity contribution in [1.82, 2.24) is 0 Å². The van der Waals surface area contributed by atoms with Crippen LogP contribution in [-0.2, 0) is 18.6 Å². The lowest BCUT2D eigenvalue weighted by Gasteiger charge is -2.27. The Morgan fingerprint density at radius 1 is 0.824 bits per heavy atom. The molecule has 0 saturated carbocycles. The van der Waals surface area contributed by atoms with E-state index in [4.69, 9.17) is 9.26 Å². The molecule has 0 fully saturated rings. The van der Waals surface area contributed by atoms with E-state index in [0.717, 1.165) is 19.3 Å². The Kier molecular flexibility index (Phi) is 18.6. The van der Waals surface area contributed by atoms with Crippen molar-refractivity contribution in [2.45, 2.75) is 103 Å². The van der Waals surface area contributed by atoms with E-state index in [1.165, 1.54) is 57.8 Å². The van der Waals surface area contributed by atoms with Crippen molar-refractivity contribution in [1.29, 1.82) is 0 Å². The SMILES string of the molecule is CCCCCCCCCCCCCCCC(=O)OCC(O)(O)CO[P+]([O-])(O)OCC[N+](C)(C)C. The first-order valence-electron chi connectivity index (χ1n) is 12.9. The number of quaternary nitrogens is 1. The molecule has 10 heteroatoms. The minimum absolute atomic E-state index is 0.0325. The molecule has 0 spiro atoms. The molecular weight excluding hydrogens is 461 g/mol. The molecular formula is C24H51NO8P+. The fourth-order valence-electron chi connectivity index (χ4n) is 3.25. The number of phosphoric ester groups is 1. The van der Waals surface area contributed by atoms with Gasteiger partial charge in [0.15, 0.2) is 6.61 Å². The Morgan fingerprint density at radius 2 is 1.29 bits per heavy atom. The molecule has 1 atom stereocenters. The van der Waals surface area contributed by atoms with Crippen molar-refractivity contribution in [3.63, 3.8) is 0 Å². The molecule has 1 unspecified atom stereocenters. The van der Waals surface area contributed by atoms with Gasteiger partial charge < -0.3 is 24.3 Å². The highest BCUT2D eigenvalue weighted by Crippen LogP contribution is 2.47. The number of rotatable bonds is 23. The Bertz CT molecular complexity index is 512. The lowest BCUT2D eigenvalue weighted by Crippen LogP contribution is -2.41. The van der Waals surface area contributed by atoms with Gasteiger partial charge in [-0.3, -0.25) is 4.79 Å². The Hall–Kier alpha value is -0.380. The van der Waals surface area contributed by atoms with E-state index in [1.54, 1.807) is 0 Å². The number of hydrogen-bond donors (Lipinski definition) is 3. The van der Waals surface area contributed by atoms with Crippen LogP contribution in [0.2, 0.25) is 0 Å². The third-order valence-electron chi connectivity index (χ3n) is 5.42. The van der Waals surface area contributed by atoms with Gasteiger partial charge in [-0.1, -0.05) is 84.0 Å². The first-order valence-corrected chi connectivity index (χ1v) is 14.4. The molecule has 204 valence electrons. The summed E-state index contributed by atoms with van der Waals surface area (Å²) in [5.74, 6) is -3.12. The number of carbonyl (C=O) groups is 1. The maximum Gasteiger partial charge on any atom is 0.377 e. The molecule has 0 heterocycles. The van der Waals surface area contributed by atoms with Crippen molar-refractivity contribution in [3.8, 4) is 0 Å². The molecule has 0 amide bonds. The normalized spacial score (nSPS) is 14.2. The third kappa shape index (κ3) is 23.4. The van der Waals surface area contributed by atoms with Crippen LogP contribution in [0.25, 0.3) is 0 Å². The highest BCUT2D eigenvalue weighted by molar-refractivity contribution is 7.52. The summed E-state index contributed by atoms with van der Waals surface area (Å²) in [6.45, 7) is 1.00. The first-order chi connectivity index (χ1) is 15.9. The van der Waals surface area contributed by atoms with Crippen LogP contribution >= 0.6 is 8.17 Å². The monoisotopic (exact) mass is 512 g/mol. The second-order valence-electron chi connectivity index (χ2n) is 10.2. The zero-order chi connectivity index (χ0) is 25.9. The second kappa shape index (κ2) is 18.8. The molecule has 9 nitrogen and oxygen atoms in total. The third-order valence-corrected chi connectivity index (χ3v) is 6.39. The molecule has 0 aliphatic carbocycles. The van der Waals surface area contributed by atoms with Gasteiger partial charge >= 0.3 is 14.1 Å². The summed E-state index contributed by atoms with van der Waals surface area (Å²) in [6.07, 6.45) is 15.9. The van der Waals surface area contributed by atoms with E-state index >= 15 is 0 Å². The number of likely N-dealkylation sites (N-methyl/N-ethyl adjacent to an activating group) is 1. The van der Waals surface area contributed by atoms with Crippen LogP contribution in [-0.4, -0.2) is 78.9 Å². The molecule has 0 aromatic heterocycles. The quantitative estimate of drug-likeness (QED) is 0.0624. The number of phosphoric acid groups is 1. The van der Waals surface area contributed by atoms with Crippen molar-refractivity contribution in [2.24, 2.45) is 0 Å². The van der Waals surface area contributed by atoms with Gasteiger partial charge in [0.05, 0.1) is 21.1 Å². The number of hydrogen-bond acceptors (Lipinski definition) is 8. The van der Waals surface area contributed by atoms with Crippen molar-refractivity contribution < 1.29 is 43.1 Å². The highest BCUT2D eigenvalue weighted by atomic mass is 31.2. The van der Waals surface area contributed by atoms with Crippen molar-refractivity contribution in [3.05, 3.63) is 0 Å². The van der Waals surface area contributed by atoms with Gasteiger partial charge in [0.1, 0.15) is 19.8 Å². The van der Waals surface area contributed by atoms with E-state index < -0.39 is 33.1 Å². The second-order valence-corrected chi connectivity index (χ2v) is 11.7. The minimum Gasteiger partial charge on any atom is -0.606 e. The molecule has 3 N–H and O–H groups in total. The predicted molar refractivity (Wildman–Crippen MR) is 132 cm³/mol. The number of carbonyl (C=O) groups excluding carboxylic acids is 1. The lowest BCUT2D eigenvalue weighted by atomic mass is 10.0. The summed E-state index contributed by atoms with van der Waals surface area (Å²) in [7, 11) is 1.25. The number of esters is 1. The van der Waals surface area contributed by atoms with Crippen LogP contribution < -0.4 is 4.89 Å². The van der Waals surface area contributed by atoms with Crippen molar-refractivity contribution >= 4 is 14.1 Å². The van der Waals surface area contributed by atoms with Crippen LogP contribution in [0.4, 0.5) is 0 Å². The Labute approximate surface area is 207 Å². The van der Waals surface area contributed by atoms with Gasteiger partial charge in [-0.2, -0.15) is 13.9 Å². The minimum atomic E-state index is -4.44. The Balaban J connectivity index is 3.72. The van der Waals surface area contributed by atoms with Crippen molar-refractivity contribution in [2.75, 3.05) is 47.5 Å². The number of aliphatic hydroxyl groups is 2. The van der Waals surface area contributed by atoms with Gasteiger partial charge in [-0.15, -0.1) is 0 Å². The van der Waals surface area contributed by atoms with E-state index in [-0.39, 0.29) is 13.0 Å². The average Bonchev–Trinajstić information content (AvgIpc) is 2.73. The molecule has 0 rings (SSSR count). The summed E-state index contributed by atoms with van der Waals surface area (Å²) in [6, 6.07) is 0. The van der Waals surface area contributed by atoms with Gasteiger partial charge in [0.25, 0.3) is 0 Å². The number of nitrogens with zero attached hydrogens (tertiary/aromatic N) is 1. The van der Waals surface area contributed by atoms with Crippen LogP contribution in [0, 0.1) is 0 Å². The van der Waals surface area contributed by atoms with Gasteiger partial charge in [-0.05, 0) is 6.42 Å². The fraction of sp³-hybridized carbons (Fsp3) is 0.958. The van der Waals surface area contributed by atoms with E-state index in [0.29, 0.717) is 17.4 Å². The molecule has 34 heavy (non-hydrogen) atoms. The van der Waals surface area contributed by atoms with Gasteiger partial charge in [0, 0.05) is 6.42 Å². The molecule has 0 aromatic rings. The maximum absolute atomic E-state index is 11.8.